The van der Waals surface area contributed by atoms with Crippen LogP contribution >= 0.6 is 11.6 Å². The fourth-order valence-electron chi connectivity index (χ4n) is 1.62. The molecule has 74 valence electrons. The minimum absolute atomic E-state index is 0.288. The van der Waals surface area contributed by atoms with Crippen molar-refractivity contribution in [3.63, 3.8) is 0 Å². The number of nitriles is 1. The number of likely N-dealkylation sites (tertiary alicyclic amines) is 1. The molecule has 0 aromatic carbocycles. The van der Waals surface area contributed by atoms with Crippen molar-refractivity contribution in [3.05, 3.63) is 0 Å². The number of alkyl halides is 1. The predicted octanol–water partition coefficient (Wildman–Crippen LogP) is 0.822. The van der Waals surface area contributed by atoms with Gasteiger partial charge in [0.15, 0.2) is 0 Å². The fraction of sp³-hybridized carbons (Fsp3) is 0.889. The van der Waals surface area contributed by atoms with Crippen LogP contribution in [0.5, 0.6) is 0 Å². The van der Waals surface area contributed by atoms with Crippen LogP contribution in [-0.2, 0) is 0 Å². The van der Waals surface area contributed by atoms with Gasteiger partial charge in [0.05, 0.1) is 6.07 Å². The molecular weight excluding hydrogens is 188 g/mol. The second-order valence-electron chi connectivity index (χ2n) is 3.52. The Bertz CT molecular complexity index is 185. The molecule has 0 bridgehead atoms. The topological polar surface area (TPSA) is 47.3 Å². The number of hydrogen-bond acceptors (Lipinski definition) is 3. The number of aliphatic hydroxyl groups is 1. The molecule has 0 aromatic rings. The second kappa shape index (κ2) is 5.43. The molecule has 0 amide bonds. The van der Waals surface area contributed by atoms with Crippen molar-refractivity contribution in [2.24, 2.45) is 5.92 Å². The molecule has 0 aliphatic carbocycles. The Labute approximate surface area is 83.9 Å². The summed E-state index contributed by atoms with van der Waals surface area (Å²) >= 11 is 5.72. The summed E-state index contributed by atoms with van der Waals surface area (Å²) in [7, 11) is 0. The lowest BCUT2D eigenvalue weighted by Gasteiger charge is -2.31. The average Bonchev–Trinajstić information content (AvgIpc) is 2.19. The third-order valence-electron chi connectivity index (χ3n) is 2.52. The van der Waals surface area contributed by atoms with E-state index < -0.39 is 5.38 Å². The van der Waals surface area contributed by atoms with Gasteiger partial charge in [0.25, 0.3) is 0 Å². The van der Waals surface area contributed by atoms with Crippen LogP contribution in [-0.4, -0.2) is 41.6 Å². The normalized spacial score (nSPS) is 22.5. The first-order valence-electron chi connectivity index (χ1n) is 4.63. The van der Waals surface area contributed by atoms with Crippen molar-refractivity contribution in [2.75, 3.05) is 26.2 Å². The molecule has 1 fully saturated rings. The molecule has 1 saturated heterocycles. The van der Waals surface area contributed by atoms with Gasteiger partial charge >= 0.3 is 0 Å². The van der Waals surface area contributed by atoms with E-state index >= 15 is 0 Å². The van der Waals surface area contributed by atoms with Gasteiger partial charge in [-0.1, -0.05) is 0 Å². The largest absolute Gasteiger partial charge is 0.396 e. The van der Waals surface area contributed by atoms with Crippen LogP contribution in [0.15, 0.2) is 0 Å². The molecule has 1 aliphatic rings. The highest BCUT2D eigenvalue weighted by atomic mass is 35.5. The van der Waals surface area contributed by atoms with E-state index in [4.69, 9.17) is 22.0 Å². The SMILES string of the molecule is N#CC(Cl)CN1CCC(CO)CC1. The molecule has 1 heterocycles. The summed E-state index contributed by atoms with van der Waals surface area (Å²) in [4.78, 5) is 2.19. The third kappa shape index (κ3) is 3.51. The molecule has 1 atom stereocenters. The van der Waals surface area contributed by atoms with E-state index in [9.17, 15) is 0 Å². The Kier molecular flexibility index (Phi) is 4.51. The van der Waals surface area contributed by atoms with Crippen molar-refractivity contribution in [1.29, 1.82) is 5.26 Å². The van der Waals surface area contributed by atoms with E-state index in [1.54, 1.807) is 0 Å². The Morgan fingerprint density at radius 3 is 2.62 bits per heavy atom. The standard InChI is InChI=1S/C9H15ClN2O/c10-9(5-11)6-12-3-1-8(7-13)2-4-12/h8-9,13H,1-4,6-7H2. The maximum atomic E-state index is 8.91. The fourth-order valence-corrected chi connectivity index (χ4v) is 1.81. The van der Waals surface area contributed by atoms with Crippen molar-refractivity contribution in [2.45, 2.75) is 18.2 Å². The quantitative estimate of drug-likeness (QED) is 0.690. The van der Waals surface area contributed by atoms with Crippen molar-refractivity contribution >= 4 is 11.6 Å². The Hall–Kier alpha value is -0.300. The Morgan fingerprint density at radius 2 is 2.15 bits per heavy atom. The summed E-state index contributed by atoms with van der Waals surface area (Å²) in [6.07, 6.45) is 2.04. The molecule has 1 N–H and O–H groups in total. The van der Waals surface area contributed by atoms with Gasteiger partial charge in [0, 0.05) is 13.2 Å². The minimum Gasteiger partial charge on any atom is -0.396 e. The molecule has 0 aromatic heterocycles. The van der Waals surface area contributed by atoms with Gasteiger partial charge in [-0.25, -0.2) is 0 Å². The van der Waals surface area contributed by atoms with Gasteiger partial charge in [0.1, 0.15) is 5.38 Å². The van der Waals surface area contributed by atoms with Gasteiger partial charge in [-0.2, -0.15) is 5.26 Å². The van der Waals surface area contributed by atoms with Gasteiger partial charge in [0.2, 0.25) is 0 Å². The maximum absolute atomic E-state index is 8.91. The highest BCUT2D eigenvalue weighted by Gasteiger charge is 2.19. The molecule has 1 unspecified atom stereocenters. The molecule has 0 spiro atoms. The number of aliphatic hydroxyl groups excluding tert-OH is 1. The molecule has 1 rings (SSSR count). The highest BCUT2D eigenvalue weighted by Crippen LogP contribution is 2.16. The lowest BCUT2D eigenvalue weighted by molar-refractivity contribution is 0.134. The molecular formula is C9H15ClN2O. The van der Waals surface area contributed by atoms with Gasteiger partial charge in [-0.3, -0.25) is 0 Å². The first kappa shape index (κ1) is 10.8. The second-order valence-corrected chi connectivity index (χ2v) is 4.05. The number of rotatable bonds is 3. The number of halogens is 1. The van der Waals surface area contributed by atoms with E-state index in [0.717, 1.165) is 25.9 Å². The summed E-state index contributed by atoms with van der Waals surface area (Å²) < 4.78 is 0. The average molecular weight is 203 g/mol. The molecule has 13 heavy (non-hydrogen) atoms. The van der Waals surface area contributed by atoms with E-state index in [0.29, 0.717) is 12.5 Å². The van der Waals surface area contributed by atoms with Crippen LogP contribution in [0.25, 0.3) is 0 Å². The monoisotopic (exact) mass is 202 g/mol. The lowest BCUT2D eigenvalue weighted by Crippen LogP contribution is -2.37. The molecule has 1 aliphatic heterocycles. The van der Waals surface area contributed by atoms with Crippen LogP contribution in [0.3, 0.4) is 0 Å². The molecule has 0 radical (unpaired) electrons. The smallest absolute Gasteiger partial charge is 0.133 e. The zero-order chi connectivity index (χ0) is 9.68. The van der Waals surface area contributed by atoms with Crippen LogP contribution < -0.4 is 0 Å². The summed E-state index contributed by atoms with van der Waals surface area (Å²) in [5.41, 5.74) is 0. The van der Waals surface area contributed by atoms with Gasteiger partial charge < -0.3 is 10.0 Å². The summed E-state index contributed by atoms with van der Waals surface area (Å²) in [5.74, 6) is 0.451. The van der Waals surface area contributed by atoms with Crippen LogP contribution in [0.1, 0.15) is 12.8 Å². The van der Waals surface area contributed by atoms with Gasteiger partial charge in [-0.15, -0.1) is 11.6 Å². The first-order chi connectivity index (χ1) is 6.26. The highest BCUT2D eigenvalue weighted by molar-refractivity contribution is 6.22. The third-order valence-corrected chi connectivity index (χ3v) is 2.76. The Balaban J connectivity index is 2.22. The molecule has 3 nitrogen and oxygen atoms in total. The van der Waals surface area contributed by atoms with E-state index in [2.05, 4.69) is 4.90 Å². The van der Waals surface area contributed by atoms with Crippen LogP contribution in [0.2, 0.25) is 0 Å². The summed E-state index contributed by atoms with van der Waals surface area (Å²) in [6.45, 7) is 2.85. The zero-order valence-corrected chi connectivity index (χ0v) is 8.37. The van der Waals surface area contributed by atoms with Crippen molar-refractivity contribution in [3.8, 4) is 6.07 Å². The minimum atomic E-state index is -0.398. The summed E-state index contributed by atoms with van der Waals surface area (Å²) in [6, 6.07) is 2.01. The molecule has 4 heteroatoms. The maximum Gasteiger partial charge on any atom is 0.133 e. The first-order valence-corrected chi connectivity index (χ1v) is 5.06. The van der Waals surface area contributed by atoms with E-state index in [-0.39, 0.29) is 6.61 Å². The van der Waals surface area contributed by atoms with Crippen LogP contribution in [0.4, 0.5) is 0 Å². The van der Waals surface area contributed by atoms with Crippen molar-refractivity contribution < 1.29 is 5.11 Å². The number of nitrogens with zero attached hydrogens (tertiary/aromatic N) is 2. The zero-order valence-electron chi connectivity index (χ0n) is 7.62. The predicted molar refractivity (Wildman–Crippen MR) is 51.5 cm³/mol. The Morgan fingerprint density at radius 1 is 1.54 bits per heavy atom. The number of piperidine rings is 1. The van der Waals surface area contributed by atoms with Crippen LogP contribution in [0, 0.1) is 17.2 Å². The molecule has 0 saturated carbocycles. The van der Waals surface area contributed by atoms with Gasteiger partial charge in [-0.05, 0) is 31.8 Å². The van der Waals surface area contributed by atoms with E-state index in [1.807, 2.05) is 6.07 Å². The lowest BCUT2D eigenvalue weighted by atomic mass is 9.98. The van der Waals surface area contributed by atoms with E-state index in [1.165, 1.54) is 0 Å². The summed E-state index contributed by atoms with van der Waals surface area (Å²) in [5, 5.41) is 17.0. The number of hydrogen-bond donors (Lipinski definition) is 1. The van der Waals surface area contributed by atoms with Crippen molar-refractivity contribution in [1.82, 2.24) is 4.90 Å².